The summed E-state index contributed by atoms with van der Waals surface area (Å²) in [6.07, 6.45) is -2.11. The number of carbonyl (C=O) groups excluding carboxylic acids is 4. The molecule has 0 saturated carbocycles. The lowest BCUT2D eigenvalue weighted by atomic mass is 10.0. The number of para-hydroxylation sites is 2. The molecule has 0 fully saturated rings. The molecule has 2 aliphatic heterocycles. The summed E-state index contributed by atoms with van der Waals surface area (Å²) in [6.45, 7) is 3.89. The molecule has 0 bridgehead atoms. The van der Waals surface area contributed by atoms with Crippen LogP contribution in [0.4, 0.5) is 32.3 Å². The average molecular weight is 797 g/mol. The Morgan fingerprint density at radius 2 is 0.850 bits per heavy atom. The quantitative estimate of drug-likeness (QED) is 0.136. The summed E-state index contributed by atoms with van der Waals surface area (Å²) in [4.78, 5) is 63.8. The van der Waals surface area contributed by atoms with E-state index in [2.05, 4.69) is 31.3 Å². The van der Waals surface area contributed by atoms with Gasteiger partial charge in [0.05, 0.1) is 22.8 Å². The number of aryl methyl sites for hydroxylation is 2. The van der Waals surface area contributed by atoms with Crippen LogP contribution in [0.1, 0.15) is 33.4 Å². The van der Waals surface area contributed by atoms with Crippen molar-refractivity contribution < 1.29 is 19.2 Å². The highest BCUT2D eigenvalue weighted by Crippen LogP contribution is 2.29. The van der Waals surface area contributed by atoms with Crippen molar-refractivity contribution in [3.8, 4) is 0 Å². The van der Waals surface area contributed by atoms with Gasteiger partial charge in [-0.15, -0.1) is 0 Å². The molecule has 0 unspecified atom stereocenters. The van der Waals surface area contributed by atoms with Gasteiger partial charge in [-0.2, -0.15) is 0 Å². The molecule has 4 N–H and O–H groups in total. The third-order valence-corrected chi connectivity index (χ3v) is 9.87. The Bertz CT molecular complexity index is 2430. The fourth-order valence-electron chi connectivity index (χ4n) is 6.91. The number of rotatable bonds is 6. The maximum atomic E-state index is 13.1. The van der Waals surface area contributed by atoms with E-state index in [0.717, 1.165) is 44.8 Å². The number of fused-ring (bicyclic) bond motifs is 2. The zero-order valence-corrected chi connectivity index (χ0v) is 33.6. The molecule has 0 aliphatic carbocycles. The third kappa shape index (κ3) is 9.29. The highest BCUT2D eigenvalue weighted by atomic mass is 16.2. The number of amides is 6. The van der Waals surface area contributed by atoms with Crippen LogP contribution >= 0.6 is 0 Å². The normalized spacial score (nSPS) is 15.7. The Labute approximate surface area is 348 Å². The number of anilines is 4. The van der Waals surface area contributed by atoms with Gasteiger partial charge in [0.1, 0.15) is 0 Å². The molecule has 0 aromatic heterocycles. The maximum absolute atomic E-state index is 13.1. The second-order valence-corrected chi connectivity index (χ2v) is 14.3. The molecule has 6 aromatic carbocycles. The first-order chi connectivity index (χ1) is 29.0. The van der Waals surface area contributed by atoms with E-state index in [1.165, 1.54) is 9.80 Å². The number of hydrogen-bond acceptors (Lipinski definition) is 6. The topological polar surface area (TPSA) is 148 Å². The van der Waals surface area contributed by atoms with E-state index in [1.807, 2.05) is 159 Å². The van der Waals surface area contributed by atoms with Gasteiger partial charge in [-0.1, -0.05) is 121 Å². The summed E-state index contributed by atoms with van der Waals surface area (Å²) in [5, 5.41) is 11.0. The summed E-state index contributed by atoms with van der Waals surface area (Å²) in [5.74, 6) is -0.624. The molecule has 2 heterocycles. The fourth-order valence-corrected chi connectivity index (χ4v) is 6.91. The second-order valence-electron chi connectivity index (χ2n) is 14.3. The van der Waals surface area contributed by atoms with E-state index in [0.29, 0.717) is 22.8 Å². The minimum atomic E-state index is -1.05. The lowest BCUT2D eigenvalue weighted by molar-refractivity contribution is -0.120. The summed E-state index contributed by atoms with van der Waals surface area (Å²) < 4.78 is 0. The van der Waals surface area contributed by atoms with Crippen molar-refractivity contribution >= 4 is 58.0 Å². The Kier molecular flexibility index (Phi) is 12.2. The molecule has 12 nitrogen and oxygen atoms in total. The van der Waals surface area contributed by atoms with E-state index in [-0.39, 0.29) is 11.8 Å². The zero-order chi connectivity index (χ0) is 42.2. The zero-order valence-electron chi connectivity index (χ0n) is 33.6. The lowest BCUT2D eigenvalue weighted by Gasteiger charge is -2.21. The van der Waals surface area contributed by atoms with Gasteiger partial charge >= 0.3 is 12.1 Å². The van der Waals surface area contributed by atoms with Gasteiger partial charge in [0, 0.05) is 47.7 Å². The summed E-state index contributed by atoms with van der Waals surface area (Å²) in [5.41, 5.74) is 9.58. The molecule has 60 heavy (non-hydrogen) atoms. The Balaban J connectivity index is 0.000000181. The molecule has 12 heteroatoms. The number of benzodiazepines with no additional fused rings is 2. The van der Waals surface area contributed by atoms with Gasteiger partial charge < -0.3 is 31.1 Å². The standard InChI is InChI=1S/2C24H22N4O2/c2*1-16-9-8-12-18(15-16)25-24(30)27-22-23(29)28(2)20-14-7-6-13-19(20)21(26-22)17-10-4-3-5-11-17/h2*3-15,22H,1-2H3,(H2,25,27,30)/t2*22-/m10/s1. The van der Waals surface area contributed by atoms with Crippen LogP contribution < -0.4 is 31.1 Å². The van der Waals surface area contributed by atoms with Crippen LogP contribution in [-0.2, 0) is 9.59 Å². The summed E-state index contributed by atoms with van der Waals surface area (Å²) >= 11 is 0. The van der Waals surface area contributed by atoms with Gasteiger partial charge in [0.2, 0.25) is 12.3 Å². The van der Waals surface area contributed by atoms with Crippen molar-refractivity contribution in [3.05, 3.63) is 191 Å². The van der Waals surface area contributed by atoms with Crippen LogP contribution in [0.5, 0.6) is 0 Å². The number of likely N-dealkylation sites (N-methyl/N-ethyl adjacent to an activating group) is 2. The molecule has 2 atom stereocenters. The van der Waals surface area contributed by atoms with E-state index < -0.39 is 24.4 Å². The van der Waals surface area contributed by atoms with Crippen molar-refractivity contribution in [2.75, 3.05) is 34.5 Å². The Hall–Kier alpha value is -7.86. The lowest BCUT2D eigenvalue weighted by Crippen LogP contribution is -2.47. The third-order valence-electron chi connectivity index (χ3n) is 9.87. The smallest absolute Gasteiger partial charge is 0.311 e. The highest BCUT2D eigenvalue weighted by molar-refractivity contribution is 6.21. The van der Waals surface area contributed by atoms with Crippen LogP contribution in [0.15, 0.2) is 168 Å². The van der Waals surface area contributed by atoms with Crippen molar-refractivity contribution in [1.29, 1.82) is 0 Å². The average Bonchev–Trinajstić information content (AvgIpc) is 3.42. The number of aliphatic imine (C=N–C) groups is 2. The van der Waals surface area contributed by atoms with Gasteiger partial charge in [0.25, 0.3) is 11.8 Å². The van der Waals surface area contributed by atoms with E-state index in [9.17, 15) is 19.2 Å². The van der Waals surface area contributed by atoms with Crippen LogP contribution in [-0.4, -0.2) is 61.7 Å². The van der Waals surface area contributed by atoms with E-state index in [4.69, 9.17) is 0 Å². The molecular weight excluding hydrogens is 753 g/mol. The SMILES string of the molecule is Cc1cccc(NC(=O)N[C@@H]2N=C(c3ccccc3)c3ccccc3N(C)C2=O)c1.Cc1cccc(NC(=O)N[C@H]2N=C(c3ccccc3)c3ccccc3N(C)C2=O)c1. The largest absolute Gasteiger partial charge is 0.321 e. The minimum Gasteiger partial charge on any atom is -0.311 e. The first-order valence-electron chi connectivity index (χ1n) is 19.3. The molecule has 0 radical (unpaired) electrons. The molecule has 2 aliphatic rings. The van der Waals surface area contributed by atoms with E-state index in [1.54, 1.807) is 26.2 Å². The monoisotopic (exact) mass is 796 g/mol. The first kappa shape index (κ1) is 40.3. The van der Waals surface area contributed by atoms with Crippen molar-refractivity contribution in [2.45, 2.75) is 26.2 Å². The summed E-state index contributed by atoms with van der Waals surface area (Å²) in [7, 11) is 3.38. The second kappa shape index (κ2) is 18.2. The van der Waals surface area contributed by atoms with Gasteiger partial charge in [-0.25, -0.2) is 19.6 Å². The Morgan fingerprint density at radius 3 is 1.23 bits per heavy atom. The molecule has 0 saturated heterocycles. The van der Waals surface area contributed by atoms with Gasteiger partial charge in [-0.3, -0.25) is 9.59 Å². The number of hydrogen-bond donors (Lipinski definition) is 4. The van der Waals surface area contributed by atoms with Gasteiger partial charge in [0.15, 0.2) is 0 Å². The van der Waals surface area contributed by atoms with Gasteiger partial charge in [-0.05, 0) is 61.4 Å². The number of urea groups is 2. The van der Waals surface area contributed by atoms with Crippen molar-refractivity contribution in [2.24, 2.45) is 9.98 Å². The minimum absolute atomic E-state index is 0.312. The number of benzene rings is 6. The number of nitrogens with zero attached hydrogens (tertiary/aromatic N) is 4. The molecule has 300 valence electrons. The fraction of sp³-hybridized carbons (Fsp3) is 0.125. The maximum Gasteiger partial charge on any atom is 0.321 e. The predicted molar refractivity (Wildman–Crippen MR) is 238 cm³/mol. The molecular formula is C48H44N8O4. The van der Waals surface area contributed by atoms with E-state index >= 15 is 0 Å². The molecule has 8 rings (SSSR count). The summed E-state index contributed by atoms with van der Waals surface area (Å²) in [6, 6.07) is 48.4. The molecule has 6 aromatic rings. The van der Waals surface area contributed by atoms with Crippen LogP contribution in [0.3, 0.4) is 0 Å². The van der Waals surface area contributed by atoms with Crippen molar-refractivity contribution in [1.82, 2.24) is 10.6 Å². The molecule has 6 amide bonds. The Morgan fingerprint density at radius 1 is 0.483 bits per heavy atom. The number of carbonyl (C=O) groups is 4. The van der Waals surface area contributed by atoms with Crippen molar-refractivity contribution in [3.63, 3.8) is 0 Å². The number of nitrogens with one attached hydrogen (secondary N) is 4. The van der Waals surface area contributed by atoms with Crippen LogP contribution in [0.2, 0.25) is 0 Å². The first-order valence-corrected chi connectivity index (χ1v) is 19.3. The molecule has 0 spiro atoms. The van der Waals surface area contributed by atoms with Crippen LogP contribution in [0, 0.1) is 13.8 Å². The van der Waals surface area contributed by atoms with Crippen LogP contribution in [0.25, 0.3) is 0 Å². The highest BCUT2D eigenvalue weighted by Gasteiger charge is 2.32. The predicted octanol–water partition coefficient (Wildman–Crippen LogP) is 7.91.